The first-order valence-corrected chi connectivity index (χ1v) is 4.66. The van der Waals surface area contributed by atoms with Crippen LogP contribution in [0.25, 0.3) is 0 Å². The van der Waals surface area contributed by atoms with Crippen molar-refractivity contribution in [2.45, 2.75) is 13.3 Å². The summed E-state index contributed by atoms with van der Waals surface area (Å²) in [5.74, 6) is 0.195. The van der Waals surface area contributed by atoms with Crippen LogP contribution < -0.4 is 0 Å². The number of thioether (sulfide) groups is 1. The van der Waals surface area contributed by atoms with Crippen LogP contribution in [0.5, 0.6) is 0 Å². The minimum absolute atomic E-state index is 0.195. The molecule has 1 atom stereocenters. The van der Waals surface area contributed by atoms with Gasteiger partial charge in [-0.05, 0) is 13.3 Å². The van der Waals surface area contributed by atoms with E-state index in [4.69, 9.17) is 10.8 Å². The molecule has 0 radical (unpaired) electrons. The summed E-state index contributed by atoms with van der Waals surface area (Å²) in [5, 5.41) is 15.9. The Morgan fingerprint density at radius 1 is 1.42 bits per heavy atom. The molecule has 0 spiro atoms. The molecule has 0 aromatic carbocycles. The third-order valence-electron chi connectivity index (χ3n) is 1.58. The van der Waals surface area contributed by atoms with Crippen LogP contribution in [-0.4, -0.2) is 10.1 Å². The van der Waals surface area contributed by atoms with Crippen molar-refractivity contribution in [3.05, 3.63) is 24.3 Å². The summed E-state index contributed by atoms with van der Waals surface area (Å²) in [4.78, 5) is 0. The van der Waals surface area contributed by atoms with Crippen molar-refractivity contribution in [2.24, 2.45) is 5.92 Å². The van der Waals surface area contributed by atoms with Crippen molar-refractivity contribution in [3.63, 3.8) is 0 Å². The topological polar surface area (TPSA) is 47.7 Å². The summed E-state index contributed by atoms with van der Waals surface area (Å²) in [7, 11) is 0. The van der Waals surface area contributed by atoms with Gasteiger partial charge in [-0.3, -0.25) is 10.8 Å². The molecular weight excluding hydrogens is 168 g/mol. The lowest BCUT2D eigenvalue weighted by Crippen LogP contribution is -2.09. The SMILES string of the molecule is CC(=N)SC(=N)C1C=CC=CC1. The van der Waals surface area contributed by atoms with E-state index in [0.717, 1.165) is 6.42 Å². The number of rotatable bonds is 1. The standard InChI is InChI=1S/C9H12N2S/c1-7(10)12-9(11)8-5-3-2-4-6-8/h2-5,8,10-11H,6H2,1H3. The minimum atomic E-state index is 0.195. The van der Waals surface area contributed by atoms with E-state index in [1.165, 1.54) is 11.8 Å². The van der Waals surface area contributed by atoms with Gasteiger partial charge in [-0.15, -0.1) is 0 Å². The Labute approximate surface area is 76.8 Å². The van der Waals surface area contributed by atoms with Gasteiger partial charge in [0.1, 0.15) is 0 Å². The van der Waals surface area contributed by atoms with Gasteiger partial charge in [0.05, 0.1) is 10.1 Å². The van der Waals surface area contributed by atoms with E-state index in [1.54, 1.807) is 6.92 Å². The molecule has 0 saturated heterocycles. The molecule has 0 aromatic heterocycles. The van der Waals surface area contributed by atoms with E-state index >= 15 is 0 Å². The number of hydrogen-bond donors (Lipinski definition) is 2. The van der Waals surface area contributed by atoms with Crippen LogP contribution in [0, 0.1) is 16.7 Å². The third kappa shape index (κ3) is 2.66. The molecule has 0 aromatic rings. The van der Waals surface area contributed by atoms with Gasteiger partial charge < -0.3 is 0 Å². The molecule has 0 bridgehead atoms. The van der Waals surface area contributed by atoms with Crippen LogP contribution in [0.15, 0.2) is 24.3 Å². The Kier molecular flexibility index (Phi) is 3.29. The van der Waals surface area contributed by atoms with Gasteiger partial charge in [-0.2, -0.15) is 0 Å². The fourth-order valence-electron chi connectivity index (χ4n) is 1.02. The smallest absolute Gasteiger partial charge is 0.0772 e. The highest BCUT2D eigenvalue weighted by molar-refractivity contribution is 8.26. The second-order valence-electron chi connectivity index (χ2n) is 2.68. The molecule has 12 heavy (non-hydrogen) atoms. The van der Waals surface area contributed by atoms with Crippen molar-refractivity contribution >= 4 is 21.8 Å². The van der Waals surface area contributed by atoms with Crippen molar-refractivity contribution in [3.8, 4) is 0 Å². The molecule has 2 N–H and O–H groups in total. The van der Waals surface area contributed by atoms with Crippen molar-refractivity contribution in [1.29, 1.82) is 10.8 Å². The van der Waals surface area contributed by atoms with E-state index in [2.05, 4.69) is 6.08 Å². The summed E-state index contributed by atoms with van der Waals surface area (Å²) in [6.45, 7) is 1.71. The molecule has 1 rings (SSSR count). The van der Waals surface area contributed by atoms with E-state index < -0.39 is 0 Å². The second kappa shape index (κ2) is 4.26. The Hall–Kier alpha value is -0.830. The van der Waals surface area contributed by atoms with Gasteiger partial charge in [0.15, 0.2) is 0 Å². The highest BCUT2D eigenvalue weighted by Crippen LogP contribution is 2.20. The van der Waals surface area contributed by atoms with Crippen molar-refractivity contribution in [1.82, 2.24) is 0 Å². The predicted octanol–water partition coefficient (Wildman–Crippen LogP) is 2.83. The van der Waals surface area contributed by atoms with Crippen LogP contribution in [-0.2, 0) is 0 Å². The molecule has 0 aliphatic heterocycles. The Balaban J connectivity index is 2.48. The summed E-state index contributed by atoms with van der Waals surface area (Å²) < 4.78 is 0. The van der Waals surface area contributed by atoms with Crippen LogP contribution in [0.1, 0.15) is 13.3 Å². The van der Waals surface area contributed by atoms with Crippen LogP contribution in [0.2, 0.25) is 0 Å². The molecule has 3 heteroatoms. The lowest BCUT2D eigenvalue weighted by atomic mass is 10.0. The van der Waals surface area contributed by atoms with Crippen LogP contribution >= 0.6 is 11.8 Å². The highest BCUT2D eigenvalue weighted by Gasteiger charge is 2.12. The van der Waals surface area contributed by atoms with E-state index in [1.807, 2.05) is 18.2 Å². The first kappa shape index (κ1) is 9.26. The highest BCUT2D eigenvalue weighted by atomic mass is 32.2. The third-order valence-corrected chi connectivity index (χ3v) is 2.41. The number of nitrogens with one attached hydrogen (secondary N) is 2. The van der Waals surface area contributed by atoms with Crippen LogP contribution in [0.3, 0.4) is 0 Å². The lowest BCUT2D eigenvalue weighted by molar-refractivity contribution is 0.877. The van der Waals surface area contributed by atoms with Crippen molar-refractivity contribution < 1.29 is 0 Å². The zero-order valence-corrected chi connectivity index (χ0v) is 7.82. The van der Waals surface area contributed by atoms with E-state index in [-0.39, 0.29) is 5.92 Å². The Morgan fingerprint density at radius 2 is 2.17 bits per heavy atom. The number of hydrogen-bond acceptors (Lipinski definition) is 3. The first-order valence-electron chi connectivity index (χ1n) is 3.85. The maximum absolute atomic E-state index is 7.65. The van der Waals surface area contributed by atoms with Gasteiger partial charge in [0.25, 0.3) is 0 Å². The second-order valence-corrected chi connectivity index (χ2v) is 3.93. The summed E-state index contributed by atoms with van der Waals surface area (Å²) in [6, 6.07) is 0. The average molecular weight is 180 g/mol. The normalized spacial score (nSPS) is 20.9. The molecule has 0 fully saturated rings. The quantitative estimate of drug-likeness (QED) is 0.473. The van der Waals surface area contributed by atoms with Gasteiger partial charge >= 0.3 is 0 Å². The molecule has 64 valence electrons. The molecule has 1 aliphatic rings. The maximum Gasteiger partial charge on any atom is 0.0772 e. The monoisotopic (exact) mass is 180 g/mol. The van der Waals surface area contributed by atoms with Crippen LogP contribution in [0.4, 0.5) is 0 Å². The molecular formula is C9H12N2S. The molecule has 0 heterocycles. The molecule has 0 amide bonds. The Morgan fingerprint density at radius 3 is 2.67 bits per heavy atom. The van der Waals surface area contributed by atoms with Gasteiger partial charge in [0, 0.05) is 5.92 Å². The largest absolute Gasteiger partial charge is 0.298 e. The maximum atomic E-state index is 7.65. The van der Waals surface area contributed by atoms with Gasteiger partial charge in [-0.25, -0.2) is 0 Å². The summed E-state index contributed by atoms with van der Waals surface area (Å²) in [6.07, 6.45) is 8.92. The fourth-order valence-corrected chi connectivity index (χ4v) is 1.67. The van der Waals surface area contributed by atoms with Crippen molar-refractivity contribution in [2.75, 3.05) is 0 Å². The van der Waals surface area contributed by atoms with E-state index in [0.29, 0.717) is 10.1 Å². The lowest BCUT2D eigenvalue weighted by Gasteiger charge is -2.12. The van der Waals surface area contributed by atoms with E-state index in [9.17, 15) is 0 Å². The molecule has 1 aliphatic carbocycles. The summed E-state index contributed by atoms with van der Waals surface area (Å²) >= 11 is 1.24. The zero-order valence-electron chi connectivity index (χ0n) is 7.00. The average Bonchev–Trinajstić information content (AvgIpc) is 2.05. The number of allylic oxidation sites excluding steroid dienone is 4. The minimum Gasteiger partial charge on any atom is -0.298 e. The Bertz CT molecular complexity index is 253. The zero-order chi connectivity index (χ0) is 8.97. The first-order chi connectivity index (χ1) is 5.70. The summed E-state index contributed by atoms with van der Waals surface area (Å²) in [5.41, 5.74) is 0. The fraction of sp³-hybridized carbons (Fsp3) is 0.333. The van der Waals surface area contributed by atoms with Gasteiger partial charge in [0.2, 0.25) is 0 Å². The molecule has 1 unspecified atom stereocenters. The molecule has 0 saturated carbocycles. The van der Waals surface area contributed by atoms with Gasteiger partial charge in [-0.1, -0.05) is 36.1 Å². The predicted molar refractivity (Wildman–Crippen MR) is 55.1 cm³/mol. The molecule has 2 nitrogen and oxygen atoms in total.